The highest BCUT2D eigenvalue weighted by atomic mass is 35.5. The number of aromatic nitrogens is 2. The Kier molecular flexibility index (Phi) is 5.00. The van der Waals surface area contributed by atoms with Crippen LogP contribution in [-0.2, 0) is 13.0 Å². The summed E-state index contributed by atoms with van der Waals surface area (Å²) in [4.78, 5) is 2.56. The molecule has 0 unspecified atom stereocenters. The van der Waals surface area contributed by atoms with E-state index in [0.29, 0.717) is 0 Å². The van der Waals surface area contributed by atoms with Gasteiger partial charge in [0.25, 0.3) is 0 Å². The molecule has 4 rings (SSSR count). The molecule has 25 heavy (non-hydrogen) atoms. The number of nitrogens with zero attached hydrogens (tertiary/aromatic N) is 3. The summed E-state index contributed by atoms with van der Waals surface area (Å²) in [7, 11) is 0. The average Bonchev–Trinajstić information content (AvgIpc) is 2.81. The molecule has 5 heteroatoms. The van der Waals surface area contributed by atoms with Crippen LogP contribution in [-0.4, -0.2) is 34.3 Å². The van der Waals surface area contributed by atoms with Crippen LogP contribution < -0.4 is 5.32 Å². The predicted octanol–water partition coefficient (Wildman–Crippen LogP) is 4.57. The van der Waals surface area contributed by atoms with Gasteiger partial charge in [0.05, 0.1) is 11.4 Å². The SMILES string of the molecule is Cc1ccc(-n2nc(CN3CCCCC3)c3c2NCCCC3)cc1Cl. The molecule has 1 aromatic heterocycles. The fourth-order valence-electron chi connectivity index (χ4n) is 3.93. The molecule has 3 heterocycles. The number of halogens is 1. The van der Waals surface area contributed by atoms with Gasteiger partial charge < -0.3 is 5.32 Å². The van der Waals surface area contributed by atoms with E-state index >= 15 is 0 Å². The second-order valence-electron chi connectivity index (χ2n) is 7.34. The van der Waals surface area contributed by atoms with Crippen molar-refractivity contribution in [2.45, 2.75) is 52.0 Å². The Bertz CT molecular complexity index is 746. The van der Waals surface area contributed by atoms with Gasteiger partial charge in [0, 0.05) is 23.7 Å². The maximum atomic E-state index is 6.37. The molecular weight excluding hydrogens is 332 g/mol. The molecule has 1 saturated heterocycles. The van der Waals surface area contributed by atoms with Crippen LogP contribution in [0.2, 0.25) is 5.02 Å². The van der Waals surface area contributed by atoms with Crippen LogP contribution in [0.1, 0.15) is 48.9 Å². The monoisotopic (exact) mass is 358 g/mol. The first-order valence-electron chi connectivity index (χ1n) is 9.56. The molecule has 0 radical (unpaired) electrons. The normalized spacial score (nSPS) is 18.5. The molecule has 0 amide bonds. The van der Waals surface area contributed by atoms with Crippen LogP contribution in [0.3, 0.4) is 0 Å². The van der Waals surface area contributed by atoms with E-state index in [1.165, 1.54) is 62.3 Å². The van der Waals surface area contributed by atoms with Crippen molar-refractivity contribution in [2.24, 2.45) is 0 Å². The van der Waals surface area contributed by atoms with Crippen LogP contribution in [0.15, 0.2) is 18.2 Å². The molecule has 0 spiro atoms. The largest absolute Gasteiger partial charge is 0.370 e. The van der Waals surface area contributed by atoms with Gasteiger partial charge in [-0.25, -0.2) is 4.68 Å². The fraction of sp³-hybridized carbons (Fsp3) is 0.550. The molecule has 1 N–H and O–H groups in total. The standard InChI is InChI=1S/C20H27ClN4/c1-15-8-9-16(13-18(15)21)25-20-17(7-3-4-10-22-20)19(23-25)14-24-11-5-2-6-12-24/h8-9,13,22H,2-7,10-12,14H2,1H3. The van der Waals surface area contributed by atoms with Crippen molar-refractivity contribution in [2.75, 3.05) is 25.0 Å². The summed E-state index contributed by atoms with van der Waals surface area (Å²) in [6, 6.07) is 6.22. The number of likely N-dealkylation sites (tertiary alicyclic amines) is 1. The summed E-state index contributed by atoms with van der Waals surface area (Å²) >= 11 is 6.37. The third-order valence-corrected chi connectivity index (χ3v) is 5.84. The fourth-order valence-corrected chi connectivity index (χ4v) is 4.10. The van der Waals surface area contributed by atoms with Gasteiger partial charge in [-0.05, 0) is 69.8 Å². The zero-order chi connectivity index (χ0) is 17.2. The molecule has 0 aliphatic carbocycles. The molecule has 0 bridgehead atoms. The molecule has 0 atom stereocenters. The van der Waals surface area contributed by atoms with Gasteiger partial charge in [0.2, 0.25) is 0 Å². The molecule has 0 saturated carbocycles. The first-order chi connectivity index (χ1) is 12.2. The second kappa shape index (κ2) is 7.38. The van der Waals surface area contributed by atoms with Crippen LogP contribution in [0.25, 0.3) is 5.69 Å². The minimum Gasteiger partial charge on any atom is -0.370 e. The lowest BCUT2D eigenvalue weighted by atomic mass is 10.1. The lowest BCUT2D eigenvalue weighted by Crippen LogP contribution is -2.29. The van der Waals surface area contributed by atoms with E-state index in [1.54, 1.807) is 0 Å². The Morgan fingerprint density at radius 1 is 1.12 bits per heavy atom. The Labute approximate surface area is 155 Å². The predicted molar refractivity (Wildman–Crippen MR) is 104 cm³/mol. The quantitative estimate of drug-likeness (QED) is 0.872. The zero-order valence-corrected chi connectivity index (χ0v) is 15.8. The molecule has 2 aliphatic heterocycles. The van der Waals surface area contributed by atoms with Gasteiger partial charge in [-0.3, -0.25) is 4.90 Å². The minimum atomic E-state index is 0.799. The van der Waals surface area contributed by atoms with Crippen molar-refractivity contribution in [3.8, 4) is 5.69 Å². The lowest BCUT2D eigenvalue weighted by Gasteiger charge is -2.25. The van der Waals surface area contributed by atoms with Crippen molar-refractivity contribution in [1.29, 1.82) is 0 Å². The Hall–Kier alpha value is -1.52. The van der Waals surface area contributed by atoms with E-state index in [9.17, 15) is 0 Å². The van der Waals surface area contributed by atoms with Gasteiger partial charge >= 0.3 is 0 Å². The molecule has 1 fully saturated rings. The molecule has 4 nitrogen and oxygen atoms in total. The molecule has 1 aromatic carbocycles. The molecule has 134 valence electrons. The van der Waals surface area contributed by atoms with E-state index < -0.39 is 0 Å². The second-order valence-corrected chi connectivity index (χ2v) is 7.75. The van der Waals surface area contributed by atoms with Crippen LogP contribution in [0.4, 0.5) is 5.82 Å². The van der Waals surface area contributed by atoms with Gasteiger partial charge in [0.1, 0.15) is 5.82 Å². The first kappa shape index (κ1) is 16.9. The summed E-state index contributed by atoms with van der Waals surface area (Å²) in [5.41, 5.74) is 4.79. The molecule has 2 aromatic rings. The topological polar surface area (TPSA) is 33.1 Å². The third kappa shape index (κ3) is 3.56. The van der Waals surface area contributed by atoms with E-state index in [2.05, 4.69) is 27.0 Å². The van der Waals surface area contributed by atoms with Crippen molar-refractivity contribution in [3.05, 3.63) is 40.0 Å². The minimum absolute atomic E-state index is 0.799. The lowest BCUT2D eigenvalue weighted by molar-refractivity contribution is 0.217. The summed E-state index contributed by atoms with van der Waals surface area (Å²) in [6.45, 7) is 6.42. The summed E-state index contributed by atoms with van der Waals surface area (Å²) in [5, 5.41) is 9.44. The highest BCUT2D eigenvalue weighted by Gasteiger charge is 2.23. The number of nitrogens with one attached hydrogen (secondary N) is 1. The van der Waals surface area contributed by atoms with E-state index in [4.69, 9.17) is 16.7 Å². The maximum Gasteiger partial charge on any atom is 0.133 e. The third-order valence-electron chi connectivity index (χ3n) is 5.43. The number of aryl methyl sites for hydroxylation is 1. The van der Waals surface area contributed by atoms with E-state index in [1.807, 2.05) is 13.0 Å². The Balaban J connectivity index is 1.71. The van der Waals surface area contributed by atoms with Gasteiger partial charge in [-0.15, -0.1) is 0 Å². The van der Waals surface area contributed by atoms with Crippen LogP contribution >= 0.6 is 11.6 Å². The number of anilines is 1. The average molecular weight is 359 g/mol. The highest BCUT2D eigenvalue weighted by Crippen LogP contribution is 2.30. The number of fused-ring (bicyclic) bond motifs is 1. The number of benzene rings is 1. The maximum absolute atomic E-state index is 6.37. The highest BCUT2D eigenvalue weighted by molar-refractivity contribution is 6.31. The van der Waals surface area contributed by atoms with Gasteiger partial charge in [-0.1, -0.05) is 24.1 Å². The van der Waals surface area contributed by atoms with Crippen molar-refractivity contribution in [3.63, 3.8) is 0 Å². The van der Waals surface area contributed by atoms with Crippen molar-refractivity contribution in [1.82, 2.24) is 14.7 Å². The number of hydrogen-bond donors (Lipinski definition) is 1. The van der Waals surface area contributed by atoms with E-state index in [-0.39, 0.29) is 0 Å². The van der Waals surface area contributed by atoms with Crippen LogP contribution in [0, 0.1) is 6.92 Å². The summed E-state index contributed by atoms with van der Waals surface area (Å²) in [6.07, 6.45) is 7.56. The summed E-state index contributed by atoms with van der Waals surface area (Å²) in [5.74, 6) is 1.17. The van der Waals surface area contributed by atoms with Crippen molar-refractivity contribution < 1.29 is 0 Å². The van der Waals surface area contributed by atoms with Crippen LogP contribution in [0.5, 0.6) is 0 Å². The molecular formula is C20H27ClN4. The number of piperidine rings is 1. The van der Waals surface area contributed by atoms with Gasteiger partial charge in [-0.2, -0.15) is 5.10 Å². The Morgan fingerprint density at radius 3 is 2.76 bits per heavy atom. The smallest absolute Gasteiger partial charge is 0.133 e. The van der Waals surface area contributed by atoms with Crippen molar-refractivity contribution >= 4 is 17.4 Å². The first-order valence-corrected chi connectivity index (χ1v) is 9.94. The number of hydrogen-bond acceptors (Lipinski definition) is 3. The zero-order valence-electron chi connectivity index (χ0n) is 15.0. The Morgan fingerprint density at radius 2 is 1.96 bits per heavy atom. The van der Waals surface area contributed by atoms with E-state index in [0.717, 1.165) is 35.8 Å². The number of rotatable bonds is 3. The molecule has 2 aliphatic rings. The van der Waals surface area contributed by atoms with Gasteiger partial charge in [0.15, 0.2) is 0 Å². The summed E-state index contributed by atoms with van der Waals surface area (Å²) < 4.78 is 2.07.